The molecule has 0 bridgehead atoms. The van der Waals surface area contributed by atoms with E-state index < -0.39 is 0 Å². The van der Waals surface area contributed by atoms with E-state index in [2.05, 4.69) is 77.7 Å². The van der Waals surface area contributed by atoms with Crippen LogP contribution in [0.2, 0.25) is 0 Å². The predicted molar refractivity (Wildman–Crippen MR) is 179 cm³/mol. The van der Waals surface area contributed by atoms with E-state index >= 15 is 0 Å². The lowest BCUT2D eigenvalue weighted by molar-refractivity contribution is 0.474. The van der Waals surface area contributed by atoms with Gasteiger partial charge in [-0.05, 0) is 82.0 Å². The van der Waals surface area contributed by atoms with Gasteiger partial charge in [0.2, 0.25) is 0 Å². The van der Waals surface area contributed by atoms with Gasteiger partial charge in [-0.2, -0.15) is 0 Å². The van der Waals surface area contributed by atoms with Crippen molar-refractivity contribution >= 4 is 30.6 Å². The molecular weight excluding hydrogens is 548 g/mol. The summed E-state index contributed by atoms with van der Waals surface area (Å²) in [5, 5.41) is 13.5. The van der Waals surface area contributed by atoms with Crippen LogP contribution in [-0.2, 0) is 19.4 Å². The van der Waals surface area contributed by atoms with E-state index in [0.29, 0.717) is 18.7 Å². The Morgan fingerprint density at radius 2 is 1.05 bits per heavy atom. The highest BCUT2D eigenvalue weighted by atomic mass is 31.1. The lowest BCUT2D eigenvalue weighted by Crippen LogP contribution is -2.21. The van der Waals surface area contributed by atoms with E-state index in [0.717, 1.165) is 50.7 Å². The van der Waals surface area contributed by atoms with E-state index in [4.69, 9.17) is 0 Å². The second kappa shape index (κ2) is 13.5. The third-order valence-corrected chi connectivity index (χ3v) is 8.95. The molecule has 6 rings (SSSR count). The van der Waals surface area contributed by atoms with Gasteiger partial charge < -0.3 is 10.0 Å². The van der Waals surface area contributed by atoms with Crippen molar-refractivity contribution in [2.45, 2.75) is 19.4 Å². The first-order valence-electron chi connectivity index (χ1n) is 14.5. The third kappa shape index (κ3) is 7.20. The third-order valence-electron chi connectivity index (χ3n) is 7.54. The molecule has 6 aromatic carbocycles. The van der Waals surface area contributed by atoms with Crippen LogP contribution in [-0.4, -0.2) is 5.11 Å². The minimum Gasteiger partial charge on any atom is -0.507 e. The molecule has 0 saturated heterocycles. The summed E-state index contributed by atoms with van der Waals surface area (Å²) in [6.45, 7) is 0.495. The first-order valence-corrected chi connectivity index (χ1v) is 15.5. The first kappa shape index (κ1) is 28.4. The molecule has 1 unspecified atom stereocenters. The molecule has 0 fully saturated rings. The summed E-state index contributed by atoms with van der Waals surface area (Å²) >= 11 is 0. The molecule has 2 nitrogen and oxygen atoms in total. The molecule has 1 N–H and O–H groups in total. The number of para-hydroxylation sites is 2. The molecule has 1 atom stereocenters. The maximum atomic E-state index is 14.8. The minimum absolute atomic E-state index is 0.156. The lowest BCUT2D eigenvalue weighted by Gasteiger charge is -2.26. The monoisotopic (exact) mass is 581 g/mol. The summed E-state index contributed by atoms with van der Waals surface area (Å²) in [6.07, 6.45) is 1.41. The smallest absolute Gasteiger partial charge is 0.126 e. The van der Waals surface area contributed by atoms with Gasteiger partial charge in [-0.15, -0.1) is 0 Å². The predicted octanol–water partition coefficient (Wildman–Crippen LogP) is 8.68. The average molecular weight is 582 g/mol. The molecule has 4 heteroatoms. The van der Waals surface area contributed by atoms with E-state index in [9.17, 15) is 9.50 Å². The molecule has 0 saturated carbocycles. The summed E-state index contributed by atoms with van der Waals surface area (Å²) in [5.41, 5.74) is 7.38. The largest absolute Gasteiger partial charge is 0.507 e. The highest BCUT2D eigenvalue weighted by Gasteiger charge is 2.17. The van der Waals surface area contributed by atoms with E-state index in [1.807, 2.05) is 66.7 Å². The second-order valence-electron chi connectivity index (χ2n) is 10.7. The number of rotatable bonds is 10. The van der Waals surface area contributed by atoms with Gasteiger partial charge in [-0.25, -0.2) is 4.39 Å². The topological polar surface area (TPSA) is 23.5 Å². The molecular formula is C39H33FNOP. The zero-order valence-electron chi connectivity index (χ0n) is 23.8. The van der Waals surface area contributed by atoms with Crippen molar-refractivity contribution in [3.63, 3.8) is 0 Å². The number of aromatic hydroxyl groups is 1. The maximum Gasteiger partial charge on any atom is 0.126 e. The van der Waals surface area contributed by atoms with E-state index in [1.54, 1.807) is 6.07 Å². The second-order valence-corrected chi connectivity index (χ2v) is 12.0. The number of phenols is 1. The van der Waals surface area contributed by atoms with Crippen LogP contribution >= 0.6 is 8.58 Å². The van der Waals surface area contributed by atoms with Gasteiger partial charge in [0, 0.05) is 29.6 Å². The normalized spacial score (nSPS) is 11.2. The van der Waals surface area contributed by atoms with Gasteiger partial charge in [0.1, 0.15) is 11.6 Å². The zero-order chi connectivity index (χ0) is 29.4. The number of hydrogen-bond donors (Lipinski definition) is 1. The Morgan fingerprint density at radius 3 is 1.63 bits per heavy atom. The molecule has 0 aliphatic heterocycles. The summed E-state index contributed by atoms with van der Waals surface area (Å²) in [5.74, 6) is 0.0497. The van der Waals surface area contributed by atoms with E-state index in [1.165, 1.54) is 11.6 Å². The van der Waals surface area contributed by atoms with Crippen molar-refractivity contribution in [1.82, 2.24) is 0 Å². The Kier molecular flexibility index (Phi) is 8.92. The molecule has 0 amide bonds. The SMILES string of the molecule is Oc1c(Cc2ccccc2)cc(Cc2ccccc2)cc1Pc1ccc(F)cc1CN(c1ccccc1)c1ccccc1. The molecule has 0 aromatic heterocycles. The van der Waals surface area contributed by atoms with Crippen molar-refractivity contribution in [1.29, 1.82) is 0 Å². The van der Waals surface area contributed by atoms with Crippen LogP contribution in [0.1, 0.15) is 27.8 Å². The molecule has 0 radical (unpaired) electrons. The lowest BCUT2D eigenvalue weighted by atomic mass is 9.98. The number of nitrogens with zero attached hydrogens (tertiary/aromatic N) is 1. The standard InChI is InChI=1S/C39H33FNOP/c40-34-21-22-37(33(27-34)28-41(35-17-9-3-10-18-35)36-19-11-4-12-20-36)43-38-26-31(23-29-13-5-1-6-14-29)25-32(39(38)42)24-30-15-7-2-8-16-30/h1-22,25-27,42-43H,23-24,28H2. The summed E-state index contributed by atoms with van der Waals surface area (Å²) in [7, 11) is 0.156. The number of benzene rings is 6. The molecule has 43 heavy (non-hydrogen) atoms. The fraction of sp³-hybridized carbons (Fsp3) is 0.0769. The van der Waals surface area contributed by atoms with Crippen LogP contribution in [0.25, 0.3) is 0 Å². The maximum absolute atomic E-state index is 14.8. The molecule has 0 heterocycles. The zero-order valence-corrected chi connectivity index (χ0v) is 24.8. The van der Waals surface area contributed by atoms with Crippen LogP contribution in [0.3, 0.4) is 0 Å². The van der Waals surface area contributed by atoms with Crippen molar-refractivity contribution in [3.05, 3.63) is 185 Å². The van der Waals surface area contributed by atoms with E-state index in [-0.39, 0.29) is 14.4 Å². The number of halogens is 1. The van der Waals surface area contributed by atoms with Crippen LogP contribution in [0.5, 0.6) is 5.75 Å². The first-order chi connectivity index (χ1) is 21.1. The van der Waals surface area contributed by atoms with Gasteiger partial charge >= 0.3 is 0 Å². The highest BCUT2D eigenvalue weighted by molar-refractivity contribution is 7.55. The molecule has 0 spiro atoms. The fourth-order valence-corrected chi connectivity index (χ4v) is 6.72. The van der Waals surface area contributed by atoms with Crippen molar-refractivity contribution < 1.29 is 9.50 Å². The Balaban J connectivity index is 1.38. The minimum atomic E-state index is -0.267. The van der Waals surface area contributed by atoms with Crippen LogP contribution in [0, 0.1) is 5.82 Å². The average Bonchev–Trinajstić information content (AvgIpc) is 3.05. The van der Waals surface area contributed by atoms with Gasteiger partial charge in [0.15, 0.2) is 0 Å². The number of hydrogen-bond acceptors (Lipinski definition) is 2. The van der Waals surface area contributed by atoms with Gasteiger partial charge in [0.05, 0.1) is 0 Å². The number of phenolic OH excluding ortho intramolecular Hbond substituents is 1. The molecule has 0 aliphatic carbocycles. The van der Waals surface area contributed by atoms with Crippen LogP contribution in [0.15, 0.2) is 152 Å². The van der Waals surface area contributed by atoms with Gasteiger partial charge in [-0.3, -0.25) is 0 Å². The Morgan fingerprint density at radius 1 is 0.512 bits per heavy atom. The van der Waals surface area contributed by atoms with Crippen LogP contribution < -0.4 is 15.5 Å². The Hall–Kier alpha value is -4.72. The Bertz CT molecular complexity index is 1740. The number of anilines is 2. The van der Waals surface area contributed by atoms with Crippen molar-refractivity contribution in [3.8, 4) is 5.75 Å². The summed E-state index contributed by atoms with van der Waals surface area (Å²) < 4.78 is 14.8. The van der Waals surface area contributed by atoms with Gasteiger partial charge in [-0.1, -0.05) is 118 Å². The quantitative estimate of drug-likeness (QED) is 0.164. The Labute approximate surface area is 254 Å². The van der Waals surface area contributed by atoms with Gasteiger partial charge in [0.25, 0.3) is 0 Å². The van der Waals surface area contributed by atoms with Crippen molar-refractivity contribution in [2.75, 3.05) is 4.90 Å². The van der Waals surface area contributed by atoms with Crippen molar-refractivity contribution in [2.24, 2.45) is 0 Å². The summed E-state index contributed by atoms with van der Waals surface area (Å²) in [6, 6.07) is 50.3. The fourth-order valence-electron chi connectivity index (χ4n) is 5.42. The summed E-state index contributed by atoms with van der Waals surface area (Å²) in [4.78, 5) is 2.20. The molecule has 0 aliphatic rings. The molecule has 6 aromatic rings. The highest BCUT2D eigenvalue weighted by Crippen LogP contribution is 2.31. The molecule has 212 valence electrons. The van der Waals surface area contributed by atoms with Crippen LogP contribution in [0.4, 0.5) is 15.8 Å².